The first kappa shape index (κ1) is 46.1. The Hall–Kier alpha value is -7.41. The van der Waals surface area contributed by atoms with Crippen LogP contribution in [0, 0.1) is 0 Å². The van der Waals surface area contributed by atoms with Crippen LogP contribution in [0.15, 0.2) is 131 Å². The van der Waals surface area contributed by atoms with Crippen molar-refractivity contribution in [3.8, 4) is 5.75 Å². The molecule has 1 aliphatic rings. The highest BCUT2D eigenvalue weighted by molar-refractivity contribution is 6.08. The molecule has 13 heteroatoms. The van der Waals surface area contributed by atoms with E-state index in [4.69, 9.17) is 4.74 Å². The van der Waals surface area contributed by atoms with Gasteiger partial charge in [-0.05, 0) is 101 Å². The Balaban J connectivity index is 0.000000188. The highest BCUT2D eigenvalue weighted by atomic mass is 19.4. The van der Waals surface area contributed by atoms with Gasteiger partial charge in [0.2, 0.25) is 10.9 Å². The molecule has 5 aromatic carbocycles. The lowest BCUT2D eigenvalue weighted by atomic mass is 9.83. The molecule has 67 heavy (non-hydrogen) atoms. The molecule has 0 aliphatic heterocycles. The van der Waals surface area contributed by atoms with Crippen LogP contribution >= 0.6 is 0 Å². The van der Waals surface area contributed by atoms with Gasteiger partial charge in [0.1, 0.15) is 23.5 Å². The van der Waals surface area contributed by atoms with Crippen molar-refractivity contribution in [2.75, 3.05) is 10.6 Å². The molecule has 2 amide bonds. The Morgan fingerprint density at radius 2 is 1.33 bits per heavy atom. The van der Waals surface area contributed by atoms with E-state index in [0.717, 1.165) is 77.7 Å². The lowest BCUT2D eigenvalue weighted by molar-refractivity contribution is -0.137. The molecule has 0 bridgehead atoms. The maximum absolute atomic E-state index is 14.3. The molecule has 0 atom stereocenters. The summed E-state index contributed by atoms with van der Waals surface area (Å²) in [7, 11) is 0. The maximum atomic E-state index is 14.3. The van der Waals surface area contributed by atoms with Gasteiger partial charge in [-0.25, -0.2) is 0 Å². The van der Waals surface area contributed by atoms with Crippen LogP contribution < -0.4 is 26.2 Å². The SMILES string of the molecule is CCc1cccc2c(=O)c(C(=O)Nc3cc4[nH]ccc4cc3C(C)(C)C)c[nH]c12.O=C(Nc1cc(OCc2ccccc2)c(C2CCCCC2)cc1C(F)(F)F)c1c[nH]c2ccccc2c1=O. The summed E-state index contributed by atoms with van der Waals surface area (Å²) in [4.78, 5) is 61.2. The fraction of sp³-hybridized carbons (Fsp3) is 0.259. The average Bonchev–Trinajstić information content (AvgIpc) is 3.78. The minimum Gasteiger partial charge on any atom is -0.489 e. The number of nitrogens with one attached hydrogen (secondary N) is 5. The smallest absolute Gasteiger partial charge is 0.418 e. The van der Waals surface area contributed by atoms with Crippen LogP contribution in [0.5, 0.6) is 5.75 Å². The number of amides is 2. The van der Waals surface area contributed by atoms with Crippen LogP contribution in [0.2, 0.25) is 0 Å². The Kier molecular flexibility index (Phi) is 13.2. The number of rotatable bonds is 9. The van der Waals surface area contributed by atoms with Crippen LogP contribution in [0.3, 0.4) is 0 Å². The number of carbonyl (C=O) groups excluding carboxylic acids is 2. The molecule has 1 aliphatic carbocycles. The largest absolute Gasteiger partial charge is 0.489 e. The van der Waals surface area contributed by atoms with E-state index in [9.17, 15) is 32.3 Å². The molecular formula is C54H52F3N5O5. The Morgan fingerprint density at radius 1 is 0.687 bits per heavy atom. The van der Waals surface area contributed by atoms with Crippen molar-refractivity contribution in [1.82, 2.24) is 15.0 Å². The number of fused-ring (bicyclic) bond motifs is 3. The van der Waals surface area contributed by atoms with Gasteiger partial charge in [-0.15, -0.1) is 0 Å². The number of alkyl halides is 3. The lowest BCUT2D eigenvalue weighted by Crippen LogP contribution is -2.24. The van der Waals surface area contributed by atoms with Crippen molar-refractivity contribution in [3.63, 3.8) is 0 Å². The van der Waals surface area contributed by atoms with E-state index in [2.05, 4.69) is 52.4 Å². The number of carbonyl (C=O) groups is 2. The van der Waals surface area contributed by atoms with Crippen molar-refractivity contribution < 1.29 is 27.5 Å². The highest BCUT2D eigenvalue weighted by Crippen LogP contribution is 2.45. The Labute approximate surface area is 385 Å². The Bertz CT molecular complexity index is 3230. The zero-order chi connectivity index (χ0) is 47.5. The van der Waals surface area contributed by atoms with Crippen molar-refractivity contribution >= 4 is 55.9 Å². The minimum absolute atomic E-state index is 0.0660. The van der Waals surface area contributed by atoms with Gasteiger partial charge in [-0.3, -0.25) is 19.2 Å². The van der Waals surface area contributed by atoms with Crippen molar-refractivity contribution in [1.29, 1.82) is 0 Å². The number of anilines is 2. The van der Waals surface area contributed by atoms with Crippen LogP contribution in [0.4, 0.5) is 24.5 Å². The van der Waals surface area contributed by atoms with Gasteiger partial charge in [-0.2, -0.15) is 13.2 Å². The minimum atomic E-state index is -4.72. The maximum Gasteiger partial charge on any atom is 0.418 e. The zero-order valence-electron chi connectivity index (χ0n) is 37.7. The summed E-state index contributed by atoms with van der Waals surface area (Å²) < 4.78 is 48.8. The summed E-state index contributed by atoms with van der Waals surface area (Å²) in [5.74, 6) is -1.10. The lowest BCUT2D eigenvalue weighted by Gasteiger charge is -2.26. The third-order valence-electron chi connectivity index (χ3n) is 12.4. The summed E-state index contributed by atoms with van der Waals surface area (Å²) >= 11 is 0. The van der Waals surface area contributed by atoms with Gasteiger partial charge in [0.15, 0.2) is 0 Å². The molecule has 0 spiro atoms. The summed E-state index contributed by atoms with van der Waals surface area (Å²) in [5, 5.41) is 7.21. The molecule has 0 saturated heterocycles. The molecule has 3 aromatic heterocycles. The third kappa shape index (κ3) is 10.1. The number of aryl methyl sites for hydroxylation is 1. The van der Waals surface area contributed by atoms with Crippen LogP contribution in [-0.2, 0) is 24.6 Å². The quantitative estimate of drug-likeness (QED) is 0.0978. The monoisotopic (exact) mass is 907 g/mol. The predicted molar refractivity (Wildman–Crippen MR) is 259 cm³/mol. The van der Waals surface area contributed by atoms with Gasteiger partial charge < -0.3 is 30.3 Å². The van der Waals surface area contributed by atoms with E-state index >= 15 is 0 Å². The molecule has 344 valence electrons. The first-order chi connectivity index (χ1) is 32.1. The molecule has 8 aromatic rings. The summed E-state index contributed by atoms with van der Waals surface area (Å²) in [6.45, 7) is 8.52. The molecule has 1 fully saturated rings. The number of hydrogen-bond donors (Lipinski definition) is 5. The number of ether oxygens (including phenoxy) is 1. The van der Waals surface area contributed by atoms with Crippen LogP contribution in [0.25, 0.3) is 32.7 Å². The first-order valence-electron chi connectivity index (χ1n) is 22.5. The fourth-order valence-corrected chi connectivity index (χ4v) is 8.85. The van der Waals surface area contributed by atoms with Crippen LogP contribution in [-0.4, -0.2) is 26.8 Å². The van der Waals surface area contributed by atoms with E-state index in [-0.39, 0.29) is 39.9 Å². The molecule has 3 heterocycles. The number of H-pyrrole nitrogens is 3. The fourth-order valence-electron chi connectivity index (χ4n) is 8.85. The summed E-state index contributed by atoms with van der Waals surface area (Å²) in [5.41, 5.74) is 3.83. The van der Waals surface area contributed by atoms with Crippen molar-refractivity contribution in [2.45, 2.75) is 90.3 Å². The second kappa shape index (κ2) is 19.2. The van der Waals surface area contributed by atoms with E-state index in [1.165, 1.54) is 18.5 Å². The van der Waals surface area contributed by atoms with E-state index in [0.29, 0.717) is 27.9 Å². The molecule has 0 unspecified atom stereocenters. The van der Waals surface area contributed by atoms with Gasteiger partial charge in [0, 0.05) is 52.2 Å². The summed E-state index contributed by atoms with van der Waals surface area (Å²) in [6, 6.07) is 30.0. The summed E-state index contributed by atoms with van der Waals surface area (Å²) in [6.07, 6.45) is 5.18. The van der Waals surface area contributed by atoms with Gasteiger partial charge >= 0.3 is 6.18 Å². The number of hydrogen-bond acceptors (Lipinski definition) is 5. The van der Waals surface area contributed by atoms with Crippen molar-refractivity contribution in [2.24, 2.45) is 0 Å². The molecule has 9 rings (SSSR count). The second-order valence-corrected chi connectivity index (χ2v) is 18.0. The third-order valence-corrected chi connectivity index (χ3v) is 12.4. The number of benzene rings is 5. The number of para-hydroxylation sites is 2. The van der Waals surface area contributed by atoms with Crippen molar-refractivity contribution in [3.05, 3.63) is 181 Å². The molecular weight excluding hydrogens is 856 g/mol. The number of halogens is 3. The number of pyridine rings is 2. The molecule has 1 saturated carbocycles. The van der Waals surface area contributed by atoms with Gasteiger partial charge in [-0.1, -0.05) is 102 Å². The Morgan fingerprint density at radius 3 is 2.01 bits per heavy atom. The van der Waals surface area contributed by atoms with Gasteiger partial charge in [0.25, 0.3) is 11.8 Å². The average molecular weight is 908 g/mol. The molecule has 10 nitrogen and oxygen atoms in total. The van der Waals surface area contributed by atoms with E-state index in [1.54, 1.807) is 30.3 Å². The number of aromatic nitrogens is 3. The van der Waals surface area contributed by atoms with Gasteiger partial charge in [0.05, 0.1) is 16.8 Å². The van der Waals surface area contributed by atoms with E-state index < -0.39 is 34.7 Å². The van der Waals surface area contributed by atoms with Crippen LogP contribution in [0.1, 0.15) is 114 Å². The van der Waals surface area contributed by atoms with E-state index in [1.807, 2.05) is 67.7 Å². The normalized spacial score (nSPS) is 13.3. The number of aromatic amines is 3. The second-order valence-electron chi connectivity index (χ2n) is 18.0. The highest BCUT2D eigenvalue weighted by Gasteiger charge is 2.37. The molecule has 5 N–H and O–H groups in total. The standard InChI is InChI=1S/C30H27F3N2O3.C24H25N3O2/c31-30(32,33)24-15-22(20-11-5-2-6-12-20)27(38-18-19-9-3-1-4-10-19)16-26(24)35-29(37)23-17-34-25-14-8-7-13-21(25)28(23)36;1-5-14-7-6-8-16-21(14)26-13-17(22(16)28)23(29)27-20-12-19-15(9-10-25-19)11-18(20)24(2,3)4/h1,3-4,7-10,13-17,20H,2,5-6,11-12,18H2,(H,34,36)(H,35,37);6-13,25H,5H2,1-4H3,(H,26,28)(H,27,29). The predicted octanol–water partition coefficient (Wildman–Crippen LogP) is 12.5. The zero-order valence-corrected chi connectivity index (χ0v) is 37.7. The molecule has 0 radical (unpaired) electrons. The first-order valence-corrected chi connectivity index (χ1v) is 22.5. The topological polar surface area (TPSA) is 149 Å².